The minimum atomic E-state index is 0. The van der Waals surface area contributed by atoms with Gasteiger partial charge in [-0.2, -0.15) is 0 Å². The Morgan fingerprint density at radius 3 is 2.80 bits per heavy atom. The molecular weight excluding hydrogens is 367 g/mol. The maximum absolute atomic E-state index is 12.0. The molecule has 2 saturated heterocycles. The Bertz CT molecular complexity index is 524. The van der Waals surface area contributed by atoms with Gasteiger partial charge in [-0.15, -0.1) is 24.8 Å². The first-order valence-corrected chi connectivity index (χ1v) is 8.17. The molecule has 1 amide bonds. The Kier molecular flexibility index (Phi) is 10.1. The van der Waals surface area contributed by atoms with E-state index in [0.717, 1.165) is 50.8 Å². The van der Waals surface area contributed by atoms with Crippen molar-refractivity contribution in [3.05, 3.63) is 23.9 Å². The number of carbonyl (C=O) groups is 1. The molecule has 2 aliphatic heterocycles. The van der Waals surface area contributed by atoms with Crippen LogP contribution in [0.25, 0.3) is 0 Å². The molecule has 2 aliphatic rings. The lowest BCUT2D eigenvalue weighted by Gasteiger charge is -2.28. The van der Waals surface area contributed by atoms with Gasteiger partial charge in [-0.1, -0.05) is 0 Å². The summed E-state index contributed by atoms with van der Waals surface area (Å²) in [4.78, 5) is 18.6. The standard InChI is InChI=1S/C16H24N4O3.2ClH/c21-16(10-14-12-23-6-3-17-14)19-11-13-1-2-18-15(9-13)20-4-7-22-8-5-20;;/h1-2,9,14,17H,3-8,10-12H2,(H,19,21);2*1H. The molecule has 142 valence electrons. The summed E-state index contributed by atoms with van der Waals surface area (Å²) in [6.45, 7) is 5.84. The molecule has 7 nitrogen and oxygen atoms in total. The van der Waals surface area contributed by atoms with Crippen molar-refractivity contribution in [1.82, 2.24) is 15.6 Å². The van der Waals surface area contributed by atoms with Crippen molar-refractivity contribution >= 4 is 36.5 Å². The van der Waals surface area contributed by atoms with Crippen LogP contribution in [-0.2, 0) is 20.8 Å². The van der Waals surface area contributed by atoms with Gasteiger partial charge < -0.3 is 25.0 Å². The number of hydrogen-bond acceptors (Lipinski definition) is 6. The summed E-state index contributed by atoms with van der Waals surface area (Å²) >= 11 is 0. The smallest absolute Gasteiger partial charge is 0.221 e. The van der Waals surface area contributed by atoms with E-state index in [1.54, 1.807) is 6.20 Å². The number of aromatic nitrogens is 1. The van der Waals surface area contributed by atoms with Gasteiger partial charge in [-0.05, 0) is 17.7 Å². The molecular formula is C16H26Cl2N4O3. The minimum Gasteiger partial charge on any atom is -0.378 e. The fourth-order valence-electron chi connectivity index (χ4n) is 2.78. The number of nitrogens with one attached hydrogen (secondary N) is 2. The summed E-state index contributed by atoms with van der Waals surface area (Å²) in [7, 11) is 0. The second-order valence-electron chi connectivity index (χ2n) is 5.83. The maximum atomic E-state index is 12.0. The molecule has 1 aromatic heterocycles. The van der Waals surface area contributed by atoms with Gasteiger partial charge in [0.25, 0.3) is 0 Å². The minimum absolute atomic E-state index is 0. The van der Waals surface area contributed by atoms with Crippen LogP contribution in [0.5, 0.6) is 0 Å². The van der Waals surface area contributed by atoms with E-state index in [0.29, 0.717) is 19.6 Å². The van der Waals surface area contributed by atoms with Crippen LogP contribution < -0.4 is 15.5 Å². The first-order chi connectivity index (χ1) is 11.3. The molecule has 0 spiro atoms. The molecule has 3 rings (SSSR count). The van der Waals surface area contributed by atoms with Crippen LogP contribution >= 0.6 is 24.8 Å². The van der Waals surface area contributed by atoms with Crippen molar-refractivity contribution in [3.63, 3.8) is 0 Å². The molecule has 0 saturated carbocycles. The summed E-state index contributed by atoms with van der Waals surface area (Å²) in [6.07, 6.45) is 2.24. The number of amides is 1. The third-order valence-corrected chi connectivity index (χ3v) is 4.06. The summed E-state index contributed by atoms with van der Waals surface area (Å²) in [5, 5.41) is 6.26. The topological polar surface area (TPSA) is 75.7 Å². The molecule has 1 unspecified atom stereocenters. The van der Waals surface area contributed by atoms with Crippen LogP contribution in [-0.4, -0.2) is 63.0 Å². The Balaban J connectivity index is 0.00000156. The van der Waals surface area contributed by atoms with Crippen LogP contribution in [0.2, 0.25) is 0 Å². The second-order valence-corrected chi connectivity index (χ2v) is 5.83. The second kappa shape index (κ2) is 11.5. The van der Waals surface area contributed by atoms with Gasteiger partial charge in [0.2, 0.25) is 5.91 Å². The Labute approximate surface area is 160 Å². The number of rotatable bonds is 5. The van der Waals surface area contributed by atoms with E-state index in [1.807, 2.05) is 12.1 Å². The molecule has 2 fully saturated rings. The zero-order chi connectivity index (χ0) is 15.9. The molecule has 2 N–H and O–H groups in total. The number of anilines is 1. The normalized spacial score (nSPS) is 20.2. The van der Waals surface area contributed by atoms with Crippen molar-refractivity contribution in [2.24, 2.45) is 0 Å². The fraction of sp³-hybridized carbons (Fsp3) is 0.625. The summed E-state index contributed by atoms with van der Waals surface area (Å²) in [5.74, 6) is 0.986. The van der Waals surface area contributed by atoms with E-state index in [1.165, 1.54) is 0 Å². The van der Waals surface area contributed by atoms with Gasteiger partial charge in [0.15, 0.2) is 0 Å². The van der Waals surface area contributed by atoms with Gasteiger partial charge in [-0.25, -0.2) is 4.98 Å². The first-order valence-electron chi connectivity index (χ1n) is 8.17. The molecule has 25 heavy (non-hydrogen) atoms. The highest BCUT2D eigenvalue weighted by molar-refractivity contribution is 5.85. The number of halogens is 2. The van der Waals surface area contributed by atoms with Gasteiger partial charge in [-0.3, -0.25) is 4.79 Å². The van der Waals surface area contributed by atoms with Gasteiger partial charge >= 0.3 is 0 Å². The van der Waals surface area contributed by atoms with Crippen LogP contribution in [0.15, 0.2) is 18.3 Å². The molecule has 9 heteroatoms. The number of pyridine rings is 1. The van der Waals surface area contributed by atoms with Crippen molar-refractivity contribution < 1.29 is 14.3 Å². The van der Waals surface area contributed by atoms with E-state index in [9.17, 15) is 4.79 Å². The number of nitrogens with zero attached hydrogens (tertiary/aromatic N) is 2. The van der Waals surface area contributed by atoms with Crippen molar-refractivity contribution in [2.75, 3.05) is 51.0 Å². The zero-order valence-corrected chi connectivity index (χ0v) is 15.7. The molecule has 0 aliphatic carbocycles. The number of morpholine rings is 2. The summed E-state index contributed by atoms with van der Waals surface area (Å²) in [5.41, 5.74) is 1.06. The van der Waals surface area contributed by atoms with Crippen molar-refractivity contribution in [2.45, 2.75) is 19.0 Å². The van der Waals surface area contributed by atoms with Gasteiger partial charge in [0.1, 0.15) is 5.82 Å². The monoisotopic (exact) mass is 392 g/mol. The Morgan fingerprint density at radius 1 is 1.28 bits per heavy atom. The highest BCUT2D eigenvalue weighted by Gasteiger charge is 2.17. The average Bonchev–Trinajstić information content (AvgIpc) is 2.62. The SMILES string of the molecule is Cl.Cl.O=C(CC1COCCN1)NCc1ccnc(N2CCOCC2)c1. The van der Waals surface area contributed by atoms with Crippen molar-refractivity contribution in [1.29, 1.82) is 0 Å². The molecule has 1 aromatic rings. The van der Waals surface area contributed by atoms with E-state index in [4.69, 9.17) is 9.47 Å². The quantitative estimate of drug-likeness (QED) is 0.770. The molecule has 1 atom stereocenters. The van der Waals surface area contributed by atoms with Crippen LogP contribution in [0, 0.1) is 0 Å². The maximum Gasteiger partial charge on any atom is 0.221 e. The van der Waals surface area contributed by atoms with E-state index < -0.39 is 0 Å². The van der Waals surface area contributed by atoms with Crippen LogP contribution in [0.4, 0.5) is 5.82 Å². The first kappa shape index (κ1) is 21.9. The third-order valence-electron chi connectivity index (χ3n) is 4.06. The zero-order valence-electron chi connectivity index (χ0n) is 14.1. The Hall–Kier alpha value is -1.12. The number of hydrogen-bond donors (Lipinski definition) is 2. The Morgan fingerprint density at radius 2 is 2.08 bits per heavy atom. The van der Waals surface area contributed by atoms with Gasteiger partial charge in [0.05, 0.1) is 26.4 Å². The van der Waals surface area contributed by atoms with E-state index in [2.05, 4.69) is 20.5 Å². The molecule has 0 aromatic carbocycles. The van der Waals surface area contributed by atoms with Crippen LogP contribution in [0.1, 0.15) is 12.0 Å². The molecule has 0 radical (unpaired) electrons. The lowest BCUT2D eigenvalue weighted by molar-refractivity contribution is -0.122. The van der Waals surface area contributed by atoms with Gasteiger partial charge in [0, 0.05) is 44.8 Å². The number of ether oxygens (including phenoxy) is 2. The largest absolute Gasteiger partial charge is 0.378 e. The molecule has 0 bridgehead atoms. The third kappa shape index (κ3) is 6.95. The summed E-state index contributed by atoms with van der Waals surface area (Å²) < 4.78 is 10.7. The average molecular weight is 393 g/mol. The lowest BCUT2D eigenvalue weighted by Crippen LogP contribution is -2.44. The van der Waals surface area contributed by atoms with E-state index >= 15 is 0 Å². The van der Waals surface area contributed by atoms with Crippen LogP contribution in [0.3, 0.4) is 0 Å². The highest BCUT2D eigenvalue weighted by atomic mass is 35.5. The summed E-state index contributed by atoms with van der Waals surface area (Å²) in [6, 6.07) is 4.09. The number of carbonyl (C=O) groups excluding carboxylic acids is 1. The fourth-order valence-corrected chi connectivity index (χ4v) is 2.78. The predicted octanol–water partition coefficient (Wildman–Crippen LogP) is 0.757. The molecule has 3 heterocycles. The van der Waals surface area contributed by atoms with E-state index in [-0.39, 0.29) is 36.8 Å². The van der Waals surface area contributed by atoms with Crippen molar-refractivity contribution in [3.8, 4) is 0 Å². The highest BCUT2D eigenvalue weighted by Crippen LogP contribution is 2.14. The predicted molar refractivity (Wildman–Crippen MR) is 101 cm³/mol. The lowest BCUT2D eigenvalue weighted by atomic mass is 10.2.